The zero-order valence-corrected chi connectivity index (χ0v) is 12.1. The van der Waals surface area contributed by atoms with E-state index in [1.165, 1.54) is 23.5 Å². The summed E-state index contributed by atoms with van der Waals surface area (Å²) in [5.41, 5.74) is 1.13. The van der Waals surface area contributed by atoms with E-state index in [0.29, 0.717) is 24.7 Å². The molecule has 0 bridgehead atoms. The molecule has 1 N–H and O–H groups in total. The zero-order valence-electron chi connectivity index (χ0n) is 11.3. The Morgan fingerprint density at radius 2 is 2.15 bits per heavy atom. The summed E-state index contributed by atoms with van der Waals surface area (Å²) in [4.78, 5) is 15.3. The van der Waals surface area contributed by atoms with Gasteiger partial charge in [0.2, 0.25) is 0 Å². The van der Waals surface area contributed by atoms with Crippen LogP contribution in [0.25, 0.3) is 0 Å². The number of carboxylic acids is 1. The first kappa shape index (κ1) is 14.3. The van der Waals surface area contributed by atoms with E-state index < -0.39 is 5.97 Å². The summed E-state index contributed by atoms with van der Waals surface area (Å²) in [6.07, 6.45) is 0. The van der Waals surface area contributed by atoms with Crippen molar-refractivity contribution in [2.45, 2.75) is 20.5 Å². The third kappa shape index (κ3) is 3.48. The summed E-state index contributed by atoms with van der Waals surface area (Å²) < 4.78 is 11.1. The molecule has 20 heavy (non-hydrogen) atoms. The number of benzene rings is 1. The molecule has 0 saturated heterocycles. The van der Waals surface area contributed by atoms with Gasteiger partial charge in [-0.1, -0.05) is 0 Å². The molecule has 0 aliphatic rings. The molecule has 0 aliphatic carbocycles. The molecule has 0 fully saturated rings. The van der Waals surface area contributed by atoms with Gasteiger partial charge in [-0.25, -0.2) is 9.78 Å². The summed E-state index contributed by atoms with van der Waals surface area (Å²) >= 11 is 1.53. The Morgan fingerprint density at radius 1 is 1.35 bits per heavy atom. The summed E-state index contributed by atoms with van der Waals surface area (Å²) in [6.45, 7) is 4.54. The SMILES string of the molecule is CCOc1cc(C(=O)O)ccc1OCc1nc(C)cs1. The maximum atomic E-state index is 10.9. The predicted molar refractivity (Wildman–Crippen MR) is 75.8 cm³/mol. The maximum Gasteiger partial charge on any atom is 0.335 e. The van der Waals surface area contributed by atoms with Gasteiger partial charge < -0.3 is 14.6 Å². The molecule has 0 spiro atoms. The van der Waals surface area contributed by atoms with E-state index in [0.717, 1.165) is 10.7 Å². The van der Waals surface area contributed by atoms with Crippen LogP contribution in [0.2, 0.25) is 0 Å². The fraction of sp³-hybridized carbons (Fsp3) is 0.286. The molecule has 2 rings (SSSR count). The lowest BCUT2D eigenvalue weighted by molar-refractivity contribution is 0.0696. The van der Waals surface area contributed by atoms with Crippen molar-refractivity contribution in [2.75, 3.05) is 6.61 Å². The molecule has 106 valence electrons. The molecule has 1 aromatic heterocycles. The van der Waals surface area contributed by atoms with Crippen LogP contribution in [0.5, 0.6) is 11.5 Å². The minimum atomic E-state index is -0.993. The molecule has 1 heterocycles. The third-order valence-electron chi connectivity index (χ3n) is 2.51. The Hall–Kier alpha value is -2.08. The quantitative estimate of drug-likeness (QED) is 0.886. The second-order valence-corrected chi connectivity index (χ2v) is 5.01. The molecule has 5 nitrogen and oxygen atoms in total. The van der Waals surface area contributed by atoms with E-state index in [4.69, 9.17) is 14.6 Å². The average molecular weight is 293 g/mol. The van der Waals surface area contributed by atoms with Crippen molar-refractivity contribution in [1.82, 2.24) is 4.98 Å². The van der Waals surface area contributed by atoms with Crippen molar-refractivity contribution in [2.24, 2.45) is 0 Å². The fourth-order valence-corrected chi connectivity index (χ4v) is 2.32. The molecule has 0 saturated carbocycles. The molecular formula is C14H15NO4S. The van der Waals surface area contributed by atoms with Crippen molar-refractivity contribution in [3.05, 3.63) is 39.8 Å². The maximum absolute atomic E-state index is 10.9. The van der Waals surface area contributed by atoms with Crippen molar-refractivity contribution in [3.63, 3.8) is 0 Å². The number of ether oxygens (including phenoxy) is 2. The predicted octanol–water partition coefficient (Wildman–Crippen LogP) is 3.13. The number of aromatic nitrogens is 1. The van der Waals surface area contributed by atoms with Crippen molar-refractivity contribution in [3.8, 4) is 11.5 Å². The van der Waals surface area contributed by atoms with Crippen LogP contribution in [-0.4, -0.2) is 22.7 Å². The van der Waals surface area contributed by atoms with Gasteiger partial charge in [-0.15, -0.1) is 11.3 Å². The van der Waals surface area contributed by atoms with Crippen LogP contribution >= 0.6 is 11.3 Å². The molecule has 0 radical (unpaired) electrons. The highest BCUT2D eigenvalue weighted by Gasteiger charge is 2.11. The number of aryl methyl sites for hydroxylation is 1. The Labute approximate surface area is 120 Å². The van der Waals surface area contributed by atoms with Gasteiger partial charge in [0, 0.05) is 11.1 Å². The molecule has 1 aromatic carbocycles. The highest BCUT2D eigenvalue weighted by molar-refractivity contribution is 7.09. The van der Waals surface area contributed by atoms with Gasteiger partial charge in [0.15, 0.2) is 11.5 Å². The number of carboxylic acid groups (broad SMARTS) is 1. The van der Waals surface area contributed by atoms with E-state index in [2.05, 4.69) is 4.98 Å². The second kappa shape index (κ2) is 6.38. The molecule has 0 atom stereocenters. The molecule has 6 heteroatoms. The molecule has 0 amide bonds. The lowest BCUT2D eigenvalue weighted by Gasteiger charge is -2.11. The Bertz CT molecular complexity index is 609. The molecule has 0 aliphatic heterocycles. The summed E-state index contributed by atoms with van der Waals surface area (Å²) in [5.74, 6) is -0.0431. The van der Waals surface area contributed by atoms with Gasteiger partial charge in [0.05, 0.1) is 12.2 Å². The van der Waals surface area contributed by atoms with Gasteiger partial charge >= 0.3 is 5.97 Å². The van der Waals surface area contributed by atoms with Crippen molar-refractivity contribution < 1.29 is 19.4 Å². The number of hydrogen-bond donors (Lipinski definition) is 1. The van der Waals surface area contributed by atoms with Crippen LogP contribution < -0.4 is 9.47 Å². The first-order chi connectivity index (χ1) is 9.60. The highest BCUT2D eigenvalue weighted by Crippen LogP contribution is 2.29. The number of carbonyl (C=O) groups is 1. The average Bonchev–Trinajstić information content (AvgIpc) is 2.83. The van der Waals surface area contributed by atoms with E-state index in [9.17, 15) is 4.79 Å². The van der Waals surface area contributed by atoms with E-state index in [-0.39, 0.29) is 5.56 Å². The van der Waals surface area contributed by atoms with Gasteiger partial charge in [0.1, 0.15) is 11.6 Å². The van der Waals surface area contributed by atoms with Crippen LogP contribution in [0.15, 0.2) is 23.6 Å². The molecule has 0 unspecified atom stereocenters. The first-order valence-corrected chi connectivity index (χ1v) is 7.02. The normalized spacial score (nSPS) is 10.3. The minimum absolute atomic E-state index is 0.172. The van der Waals surface area contributed by atoms with Crippen LogP contribution in [0.4, 0.5) is 0 Å². The topological polar surface area (TPSA) is 68.7 Å². The Kier molecular flexibility index (Phi) is 4.57. The summed E-state index contributed by atoms with van der Waals surface area (Å²) in [7, 11) is 0. The second-order valence-electron chi connectivity index (χ2n) is 4.07. The highest BCUT2D eigenvalue weighted by atomic mass is 32.1. The van der Waals surface area contributed by atoms with Crippen molar-refractivity contribution in [1.29, 1.82) is 0 Å². The van der Waals surface area contributed by atoms with E-state index in [1.807, 2.05) is 19.2 Å². The van der Waals surface area contributed by atoms with Gasteiger partial charge in [-0.3, -0.25) is 0 Å². The van der Waals surface area contributed by atoms with Gasteiger partial charge in [0.25, 0.3) is 0 Å². The zero-order chi connectivity index (χ0) is 14.5. The first-order valence-electron chi connectivity index (χ1n) is 6.14. The number of thiazole rings is 1. The standard InChI is InChI=1S/C14H15NO4S/c1-3-18-12-6-10(14(16)17)4-5-11(12)19-7-13-15-9(2)8-20-13/h4-6,8H,3,7H2,1-2H3,(H,16,17). The van der Waals surface area contributed by atoms with Gasteiger partial charge in [-0.05, 0) is 32.0 Å². The van der Waals surface area contributed by atoms with Crippen LogP contribution in [0.3, 0.4) is 0 Å². The monoisotopic (exact) mass is 293 g/mol. The minimum Gasteiger partial charge on any atom is -0.490 e. The van der Waals surface area contributed by atoms with Crippen LogP contribution in [0.1, 0.15) is 28.0 Å². The van der Waals surface area contributed by atoms with E-state index >= 15 is 0 Å². The lowest BCUT2D eigenvalue weighted by Crippen LogP contribution is -2.02. The lowest BCUT2D eigenvalue weighted by atomic mass is 10.2. The molecule has 2 aromatic rings. The van der Waals surface area contributed by atoms with Crippen LogP contribution in [-0.2, 0) is 6.61 Å². The third-order valence-corrected chi connectivity index (χ3v) is 3.45. The Morgan fingerprint density at radius 3 is 2.75 bits per heavy atom. The van der Waals surface area contributed by atoms with Crippen molar-refractivity contribution >= 4 is 17.3 Å². The molecular weight excluding hydrogens is 278 g/mol. The number of rotatable bonds is 6. The number of hydrogen-bond acceptors (Lipinski definition) is 5. The van der Waals surface area contributed by atoms with E-state index in [1.54, 1.807) is 6.07 Å². The number of aromatic carboxylic acids is 1. The van der Waals surface area contributed by atoms with Crippen LogP contribution in [0, 0.1) is 6.92 Å². The fourth-order valence-electron chi connectivity index (χ4n) is 1.64. The number of nitrogens with zero attached hydrogens (tertiary/aromatic N) is 1. The summed E-state index contributed by atoms with van der Waals surface area (Å²) in [5, 5.41) is 11.8. The summed E-state index contributed by atoms with van der Waals surface area (Å²) in [6, 6.07) is 4.57. The van der Waals surface area contributed by atoms with Gasteiger partial charge in [-0.2, -0.15) is 0 Å². The largest absolute Gasteiger partial charge is 0.490 e. The Balaban J connectivity index is 2.15. The smallest absolute Gasteiger partial charge is 0.335 e.